The van der Waals surface area contributed by atoms with Crippen LogP contribution in [0.5, 0.6) is 0 Å². The van der Waals surface area contributed by atoms with Crippen LogP contribution in [0, 0.1) is 34.5 Å². The first-order valence-electron chi connectivity index (χ1n) is 9.09. The van der Waals surface area contributed by atoms with E-state index in [9.17, 15) is 14.7 Å². The third kappa shape index (κ3) is 1.78. The SMILES string of the molecule is C[C@]12CCC(=O)C[C@H]1C[C@@H](O)[C@@H]1[C@@H]2CC[C@]2(C)C(=O)CC[C@@H]12. The summed E-state index contributed by atoms with van der Waals surface area (Å²) in [7, 11) is 0. The molecule has 4 fully saturated rings. The van der Waals surface area contributed by atoms with Gasteiger partial charge in [-0.05, 0) is 61.2 Å². The summed E-state index contributed by atoms with van der Waals surface area (Å²) < 4.78 is 0. The minimum absolute atomic E-state index is 0.185. The molecule has 0 bridgehead atoms. The van der Waals surface area contributed by atoms with Gasteiger partial charge in [-0.15, -0.1) is 0 Å². The Labute approximate surface area is 132 Å². The molecule has 4 rings (SSSR count). The number of carbonyl (C=O) groups is 2. The molecule has 1 N–H and O–H groups in total. The molecule has 22 heavy (non-hydrogen) atoms. The van der Waals surface area contributed by atoms with E-state index in [1.807, 2.05) is 0 Å². The molecule has 0 unspecified atom stereocenters. The summed E-state index contributed by atoms with van der Waals surface area (Å²) in [6, 6.07) is 0. The van der Waals surface area contributed by atoms with Gasteiger partial charge >= 0.3 is 0 Å². The van der Waals surface area contributed by atoms with E-state index in [2.05, 4.69) is 13.8 Å². The van der Waals surface area contributed by atoms with Gasteiger partial charge in [-0.1, -0.05) is 13.8 Å². The standard InChI is InChI=1S/C19H28O3/c1-18-7-5-12(20)9-11(18)10-15(21)17-13-3-4-16(22)19(13,2)8-6-14(17)18/h11,13-15,17,21H,3-10H2,1-2H3/t11-,13-,14-,15+,17-,18-,19-/m0/s1. The fraction of sp³-hybridized carbons (Fsp3) is 0.895. The summed E-state index contributed by atoms with van der Waals surface area (Å²) in [4.78, 5) is 24.3. The van der Waals surface area contributed by atoms with Crippen molar-refractivity contribution in [3.05, 3.63) is 0 Å². The molecule has 3 heteroatoms. The molecule has 0 aromatic heterocycles. The summed E-state index contributed by atoms with van der Waals surface area (Å²) >= 11 is 0. The average Bonchev–Trinajstić information content (AvgIpc) is 2.77. The van der Waals surface area contributed by atoms with Gasteiger partial charge < -0.3 is 5.11 Å². The van der Waals surface area contributed by atoms with Gasteiger partial charge in [-0.3, -0.25) is 9.59 Å². The molecule has 0 amide bonds. The van der Waals surface area contributed by atoms with Crippen molar-refractivity contribution < 1.29 is 14.7 Å². The third-order valence-electron chi connectivity index (χ3n) is 8.21. The van der Waals surface area contributed by atoms with Crippen molar-refractivity contribution in [2.45, 2.75) is 71.3 Å². The molecule has 122 valence electrons. The highest BCUT2D eigenvalue weighted by Gasteiger charge is 2.62. The fourth-order valence-electron chi connectivity index (χ4n) is 6.79. The van der Waals surface area contributed by atoms with E-state index in [4.69, 9.17) is 0 Å². The maximum absolute atomic E-state index is 12.4. The lowest BCUT2D eigenvalue weighted by atomic mass is 9.44. The molecule has 0 aromatic carbocycles. The first kappa shape index (κ1) is 14.9. The maximum atomic E-state index is 12.4. The molecule has 0 aliphatic heterocycles. The fourth-order valence-corrected chi connectivity index (χ4v) is 6.79. The molecule has 3 nitrogen and oxygen atoms in total. The molecular formula is C19H28O3. The zero-order chi connectivity index (χ0) is 15.7. The predicted molar refractivity (Wildman–Crippen MR) is 83.1 cm³/mol. The summed E-state index contributed by atoms with van der Waals surface area (Å²) in [6.07, 6.45) is 6.53. The Hall–Kier alpha value is -0.700. The van der Waals surface area contributed by atoms with E-state index in [0.717, 1.165) is 32.1 Å². The van der Waals surface area contributed by atoms with Crippen molar-refractivity contribution in [3.8, 4) is 0 Å². The molecule has 4 aliphatic carbocycles. The first-order chi connectivity index (χ1) is 10.4. The van der Waals surface area contributed by atoms with Gasteiger partial charge in [-0.25, -0.2) is 0 Å². The number of ketones is 2. The second-order valence-electron chi connectivity index (χ2n) is 8.96. The quantitative estimate of drug-likeness (QED) is 0.748. The second-order valence-corrected chi connectivity index (χ2v) is 8.96. The van der Waals surface area contributed by atoms with E-state index >= 15 is 0 Å². The smallest absolute Gasteiger partial charge is 0.139 e. The van der Waals surface area contributed by atoms with E-state index in [0.29, 0.717) is 48.6 Å². The number of hydrogen-bond donors (Lipinski definition) is 1. The van der Waals surface area contributed by atoms with Crippen LogP contribution in [0.4, 0.5) is 0 Å². The van der Waals surface area contributed by atoms with Crippen LogP contribution in [-0.2, 0) is 9.59 Å². The van der Waals surface area contributed by atoms with Crippen molar-refractivity contribution in [3.63, 3.8) is 0 Å². The van der Waals surface area contributed by atoms with Crippen molar-refractivity contribution in [1.29, 1.82) is 0 Å². The minimum atomic E-state index is -0.315. The number of fused-ring (bicyclic) bond motifs is 5. The van der Waals surface area contributed by atoms with Crippen LogP contribution >= 0.6 is 0 Å². The molecular weight excluding hydrogens is 276 g/mol. The zero-order valence-corrected chi connectivity index (χ0v) is 13.8. The Kier molecular flexibility index (Phi) is 3.15. The van der Waals surface area contributed by atoms with Gasteiger partial charge in [-0.2, -0.15) is 0 Å². The van der Waals surface area contributed by atoms with Crippen molar-refractivity contribution >= 4 is 11.6 Å². The largest absolute Gasteiger partial charge is 0.393 e. The average molecular weight is 304 g/mol. The molecule has 0 heterocycles. The van der Waals surface area contributed by atoms with Crippen LogP contribution in [0.25, 0.3) is 0 Å². The van der Waals surface area contributed by atoms with E-state index in [1.165, 1.54) is 0 Å². The van der Waals surface area contributed by atoms with Gasteiger partial charge in [0.05, 0.1) is 6.10 Å². The van der Waals surface area contributed by atoms with Crippen molar-refractivity contribution in [1.82, 2.24) is 0 Å². The monoisotopic (exact) mass is 304 g/mol. The highest BCUT2D eigenvalue weighted by atomic mass is 16.3. The Balaban J connectivity index is 1.70. The van der Waals surface area contributed by atoms with Crippen LogP contribution in [0.3, 0.4) is 0 Å². The van der Waals surface area contributed by atoms with E-state index in [1.54, 1.807) is 0 Å². The topological polar surface area (TPSA) is 54.4 Å². The molecule has 0 saturated heterocycles. The van der Waals surface area contributed by atoms with Crippen LogP contribution in [0.2, 0.25) is 0 Å². The van der Waals surface area contributed by atoms with Gasteiger partial charge in [0.2, 0.25) is 0 Å². The first-order valence-corrected chi connectivity index (χ1v) is 9.09. The van der Waals surface area contributed by atoms with Gasteiger partial charge in [0.25, 0.3) is 0 Å². The van der Waals surface area contributed by atoms with Crippen LogP contribution in [0.15, 0.2) is 0 Å². The van der Waals surface area contributed by atoms with Crippen molar-refractivity contribution in [2.75, 3.05) is 0 Å². The van der Waals surface area contributed by atoms with Crippen molar-refractivity contribution in [2.24, 2.45) is 34.5 Å². The van der Waals surface area contributed by atoms with Gasteiger partial charge in [0.15, 0.2) is 0 Å². The normalized spacial score (nSPS) is 54.6. The van der Waals surface area contributed by atoms with Gasteiger partial charge in [0, 0.05) is 24.7 Å². The Morgan fingerprint density at radius 1 is 1.05 bits per heavy atom. The van der Waals surface area contributed by atoms with Crippen LogP contribution in [-0.4, -0.2) is 22.8 Å². The number of carbonyl (C=O) groups excluding carboxylic acids is 2. The maximum Gasteiger partial charge on any atom is 0.139 e. The lowest BCUT2D eigenvalue weighted by molar-refractivity contribution is -0.166. The lowest BCUT2D eigenvalue weighted by Crippen LogP contribution is -2.58. The minimum Gasteiger partial charge on any atom is -0.393 e. The Morgan fingerprint density at radius 2 is 1.82 bits per heavy atom. The number of aliphatic hydroxyl groups is 1. The number of rotatable bonds is 0. The Bertz CT molecular complexity index is 527. The molecule has 4 aliphatic rings. The number of aliphatic hydroxyl groups excluding tert-OH is 1. The second kappa shape index (κ2) is 4.66. The highest BCUT2D eigenvalue weighted by molar-refractivity contribution is 5.87. The molecule has 4 saturated carbocycles. The number of hydrogen-bond acceptors (Lipinski definition) is 3. The summed E-state index contributed by atoms with van der Waals surface area (Å²) in [5, 5.41) is 10.9. The molecule has 0 aromatic rings. The molecule has 7 atom stereocenters. The summed E-state index contributed by atoms with van der Waals surface area (Å²) in [5.41, 5.74) is 0.0145. The zero-order valence-electron chi connectivity index (χ0n) is 13.8. The van der Waals surface area contributed by atoms with Gasteiger partial charge in [0.1, 0.15) is 11.6 Å². The Morgan fingerprint density at radius 3 is 2.59 bits per heavy atom. The molecule has 0 radical (unpaired) electrons. The van der Waals surface area contributed by atoms with E-state index in [-0.39, 0.29) is 22.9 Å². The van der Waals surface area contributed by atoms with Crippen LogP contribution in [0.1, 0.15) is 65.2 Å². The lowest BCUT2D eigenvalue weighted by Gasteiger charge is -2.60. The summed E-state index contributed by atoms with van der Waals surface area (Å²) in [5.74, 6) is 2.30. The highest BCUT2D eigenvalue weighted by Crippen LogP contribution is 2.65. The number of Topliss-reactive ketones (excluding diaryl/α,β-unsaturated/α-hetero) is 2. The molecule has 0 spiro atoms. The van der Waals surface area contributed by atoms with Crippen LogP contribution < -0.4 is 0 Å². The third-order valence-corrected chi connectivity index (χ3v) is 8.21. The van der Waals surface area contributed by atoms with E-state index < -0.39 is 0 Å². The predicted octanol–water partition coefficient (Wildman–Crippen LogP) is 3.14. The summed E-state index contributed by atoms with van der Waals surface area (Å²) in [6.45, 7) is 4.52.